The number of anilines is 2. The van der Waals surface area contributed by atoms with Gasteiger partial charge in [0.1, 0.15) is 29.7 Å². The SMILES string of the molecule is CCCCCOC(=O)Nc1ccc2ccc(CC[C@@]3(C)CC[C@@]4(n5ccc6c(N)ncnc65)OC(C)(C)O[C@H]34)cc2n1. The Hall–Kier alpha value is -3.76. The number of fused-ring (bicyclic) bond motifs is 3. The first-order valence-corrected chi connectivity index (χ1v) is 14.9. The minimum Gasteiger partial charge on any atom is -0.449 e. The second kappa shape index (κ2) is 10.8. The fourth-order valence-corrected chi connectivity index (χ4v) is 6.65. The van der Waals surface area contributed by atoms with Crippen LogP contribution in [0, 0.1) is 5.41 Å². The number of pyridine rings is 1. The maximum atomic E-state index is 12.2. The number of ether oxygens (including phenoxy) is 3. The molecule has 1 aliphatic heterocycles. The van der Waals surface area contributed by atoms with Gasteiger partial charge in [0.2, 0.25) is 0 Å². The fraction of sp³-hybridized carbons (Fsp3) is 0.500. The smallest absolute Gasteiger partial charge is 0.412 e. The van der Waals surface area contributed by atoms with Crippen molar-refractivity contribution in [2.75, 3.05) is 17.7 Å². The van der Waals surface area contributed by atoms with Crippen molar-refractivity contribution < 1.29 is 19.0 Å². The summed E-state index contributed by atoms with van der Waals surface area (Å²) in [6, 6.07) is 12.1. The summed E-state index contributed by atoms with van der Waals surface area (Å²) in [7, 11) is 0. The molecule has 2 aliphatic rings. The molecule has 3 aromatic heterocycles. The molecular weight excluding hydrogens is 532 g/mol. The molecule has 3 N–H and O–H groups in total. The van der Waals surface area contributed by atoms with Crippen molar-refractivity contribution in [2.45, 2.75) is 90.3 Å². The fourth-order valence-electron chi connectivity index (χ4n) is 6.65. The molecule has 0 radical (unpaired) electrons. The van der Waals surface area contributed by atoms with Gasteiger partial charge in [-0.1, -0.05) is 38.8 Å². The van der Waals surface area contributed by atoms with Crippen LogP contribution < -0.4 is 11.1 Å². The summed E-state index contributed by atoms with van der Waals surface area (Å²) in [5.41, 5.74) is 8.10. The van der Waals surface area contributed by atoms with E-state index in [0.29, 0.717) is 18.2 Å². The Balaban J connectivity index is 1.20. The zero-order valence-electron chi connectivity index (χ0n) is 24.9. The van der Waals surface area contributed by atoms with Gasteiger partial charge in [-0.2, -0.15) is 0 Å². The summed E-state index contributed by atoms with van der Waals surface area (Å²) in [5.74, 6) is 0.196. The van der Waals surface area contributed by atoms with Gasteiger partial charge in [0, 0.05) is 11.6 Å². The Labute approximate surface area is 246 Å². The van der Waals surface area contributed by atoms with Crippen LogP contribution in [-0.2, 0) is 26.4 Å². The topological polar surface area (TPSA) is 126 Å². The van der Waals surface area contributed by atoms with Crippen LogP contribution in [-0.4, -0.2) is 44.1 Å². The van der Waals surface area contributed by atoms with E-state index in [1.807, 2.05) is 32.2 Å². The van der Waals surface area contributed by atoms with Gasteiger partial charge >= 0.3 is 6.09 Å². The van der Waals surface area contributed by atoms with E-state index in [0.717, 1.165) is 66.9 Å². The number of unbranched alkanes of at least 4 members (excludes halogenated alkanes) is 2. The Morgan fingerprint density at radius 2 is 1.98 bits per heavy atom. The van der Waals surface area contributed by atoms with Crippen LogP contribution in [0.5, 0.6) is 0 Å². The predicted molar refractivity (Wildman–Crippen MR) is 162 cm³/mol. The van der Waals surface area contributed by atoms with Crippen LogP contribution in [0.4, 0.5) is 16.4 Å². The molecule has 0 spiro atoms. The summed E-state index contributed by atoms with van der Waals surface area (Å²) in [5, 5.41) is 4.59. The van der Waals surface area contributed by atoms with E-state index in [4.69, 9.17) is 19.9 Å². The number of aryl methyl sites for hydroxylation is 1. The van der Waals surface area contributed by atoms with E-state index < -0.39 is 17.6 Å². The van der Waals surface area contributed by atoms with Crippen LogP contribution >= 0.6 is 0 Å². The summed E-state index contributed by atoms with van der Waals surface area (Å²) in [6.45, 7) is 8.78. The lowest BCUT2D eigenvalue weighted by Crippen LogP contribution is -2.44. The van der Waals surface area contributed by atoms with Gasteiger partial charge in [0.25, 0.3) is 0 Å². The highest BCUT2D eigenvalue weighted by Crippen LogP contribution is 2.59. The molecule has 1 aliphatic carbocycles. The molecule has 1 saturated carbocycles. The second-order valence-electron chi connectivity index (χ2n) is 12.4. The number of benzene rings is 1. The van der Waals surface area contributed by atoms with E-state index in [9.17, 15) is 4.79 Å². The van der Waals surface area contributed by atoms with Gasteiger partial charge in [-0.25, -0.2) is 19.7 Å². The van der Waals surface area contributed by atoms with Crippen LogP contribution in [0.3, 0.4) is 0 Å². The maximum absolute atomic E-state index is 12.2. The molecule has 222 valence electrons. The van der Waals surface area contributed by atoms with E-state index in [1.165, 1.54) is 11.9 Å². The minimum atomic E-state index is -0.741. The zero-order valence-corrected chi connectivity index (χ0v) is 24.9. The number of aromatic nitrogens is 4. The van der Waals surface area contributed by atoms with Crippen molar-refractivity contribution in [1.29, 1.82) is 0 Å². The van der Waals surface area contributed by atoms with E-state index in [1.54, 1.807) is 6.07 Å². The Morgan fingerprint density at radius 1 is 1.14 bits per heavy atom. The number of carbonyl (C=O) groups is 1. The molecule has 4 aromatic rings. The summed E-state index contributed by atoms with van der Waals surface area (Å²) in [6.07, 6.45) is 9.32. The molecule has 42 heavy (non-hydrogen) atoms. The third-order valence-corrected chi connectivity index (χ3v) is 8.79. The number of nitrogen functional groups attached to an aromatic ring is 1. The zero-order chi connectivity index (χ0) is 29.5. The normalized spacial score (nSPS) is 24.7. The number of nitrogens with two attached hydrogens (primary N) is 1. The number of rotatable bonds is 9. The molecule has 1 aromatic carbocycles. The van der Waals surface area contributed by atoms with Crippen LogP contribution in [0.15, 0.2) is 48.9 Å². The lowest BCUT2D eigenvalue weighted by molar-refractivity contribution is -0.189. The number of hydrogen-bond donors (Lipinski definition) is 2. The monoisotopic (exact) mass is 572 g/mol. The lowest BCUT2D eigenvalue weighted by atomic mass is 9.79. The van der Waals surface area contributed by atoms with Gasteiger partial charge in [-0.3, -0.25) is 5.32 Å². The maximum Gasteiger partial charge on any atom is 0.412 e. The van der Waals surface area contributed by atoms with E-state index >= 15 is 0 Å². The second-order valence-corrected chi connectivity index (χ2v) is 12.4. The molecule has 6 rings (SSSR count). The van der Waals surface area contributed by atoms with Gasteiger partial charge in [0.05, 0.1) is 17.5 Å². The van der Waals surface area contributed by atoms with Crippen molar-refractivity contribution in [3.8, 4) is 0 Å². The first kappa shape index (κ1) is 28.4. The number of nitrogens with zero attached hydrogens (tertiary/aromatic N) is 4. The van der Waals surface area contributed by atoms with Crippen molar-refractivity contribution in [3.63, 3.8) is 0 Å². The molecule has 0 unspecified atom stereocenters. The summed E-state index contributed by atoms with van der Waals surface area (Å²) in [4.78, 5) is 25.6. The minimum absolute atomic E-state index is 0.143. The van der Waals surface area contributed by atoms with Crippen LogP contribution in [0.25, 0.3) is 21.9 Å². The molecule has 1 amide bonds. The largest absolute Gasteiger partial charge is 0.449 e. The number of nitrogens with one attached hydrogen (secondary N) is 1. The molecule has 10 heteroatoms. The third kappa shape index (κ3) is 5.18. The number of hydrogen-bond acceptors (Lipinski definition) is 8. The average molecular weight is 573 g/mol. The van der Waals surface area contributed by atoms with Crippen molar-refractivity contribution in [3.05, 3.63) is 54.5 Å². The quantitative estimate of drug-likeness (QED) is 0.217. The first-order valence-electron chi connectivity index (χ1n) is 14.9. The molecule has 0 bridgehead atoms. The van der Waals surface area contributed by atoms with Crippen LogP contribution in [0.2, 0.25) is 0 Å². The van der Waals surface area contributed by atoms with Gasteiger partial charge in [0.15, 0.2) is 11.5 Å². The predicted octanol–water partition coefficient (Wildman–Crippen LogP) is 6.54. The summed E-state index contributed by atoms with van der Waals surface area (Å²) < 4.78 is 20.8. The first-order chi connectivity index (χ1) is 20.1. The molecule has 4 heterocycles. The molecule has 3 atom stereocenters. The highest BCUT2D eigenvalue weighted by molar-refractivity contribution is 5.87. The highest BCUT2D eigenvalue weighted by atomic mass is 16.8. The van der Waals surface area contributed by atoms with Gasteiger partial charge in [-0.15, -0.1) is 0 Å². The molecule has 10 nitrogen and oxygen atoms in total. The summed E-state index contributed by atoms with van der Waals surface area (Å²) >= 11 is 0. The van der Waals surface area contributed by atoms with Crippen LogP contribution in [0.1, 0.15) is 71.8 Å². The standard InChI is InChI=1S/C32H40N6O4/c1-5-6-7-18-40-29(39)37-25-11-10-22-9-8-21(19-24(22)36-25)12-14-31(4)15-16-32(28(31)41-30(2,3)42-32)38-17-13-23-26(33)34-20-35-27(23)38/h8-11,13,17,19-20,28H,5-7,12,14-16,18H2,1-4H3,(H2,33,34,35)(H,36,37,39)/t28-,31+,32-/m1/s1. The lowest BCUT2D eigenvalue weighted by Gasteiger charge is -2.35. The van der Waals surface area contributed by atoms with Crippen molar-refractivity contribution >= 4 is 39.7 Å². The third-order valence-electron chi connectivity index (χ3n) is 8.79. The van der Waals surface area contributed by atoms with Gasteiger partial charge in [-0.05, 0) is 81.2 Å². The molecule has 1 saturated heterocycles. The molecule has 2 fully saturated rings. The van der Waals surface area contributed by atoms with Crippen molar-refractivity contribution in [1.82, 2.24) is 19.5 Å². The van der Waals surface area contributed by atoms with Gasteiger partial charge < -0.3 is 24.5 Å². The highest BCUT2D eigenvalue weighted by Gasteiger charge is 2.65. The number of carbonyl (C=O) groups excluding carboxylic acids is 1. The van der Waals surface area contributed by atoms with Crippen molar-refractivity contribution in [2.24, 2.45) is 5.41 Å². The Bertz CT molecular complexity index is 1620. The molecular formula is C32H40N6O4. The van der Waals surface area contributed by atoms with E-state index in [2.05, 4.69) is 56.9 Å². The average Bonchev–Trinajstić information content (AvgIpc) is 3.60. The Kier molecular flexibility index (Phi) is 7.31. The number of amides is 1. The van der Waals surface area contributed by atoms with E-state index in [-0.39, 0.29) is 11.5 Å². The Morgan fingerprint density at radius 3 is 2.81 bits per heavy atom.